The summed E-state index contributed by atoms with van der Waals surface area (Å²) < 4.78 is 5.78. The maximum atomic E-state index is 10.9. The fraction of sp³-hybridized carbons (Fsp3) is 0.833. The van der Waals surface area contributed by atoms with Crippen molar-refractivity contribution in [2.24, 2.45) is 0 Å². The molecule has 0 bridgehead atoms. The first-order valence-electron chi connectivity index (χ1n) is 3.30. The van der Waals surface area contributed by atoms with Gasteiger partial charge in [0.25, 0.3) is 0 Å². The number of esters is 1. The molecule has 0 aliphatic carbocycles. The van der Waals surface area contributed by atoms with Gasteiger partial charge in [-0.25, -0.2) is 9.21 Å². The van der Waals surface area contributed by atoms with E-state index in [1.165, 1.54) is 11.5 Å². The fourth-order valence-electron chi connectivity index (χ4n) is 1.10. The highest BCUT2D eigenvalue weighted by Gasteiger charge is 2.43. The van der Waals surface area contributed by atoms with Crippen molar-refractivity contribution < 1.29 is 14.6 Å². The number of hydrogen-bond acceptors (Lipinski definition) is 4. The van der Waals surface area contributed by atoms with E-state index in [1.807, 2.05) is 0 Å². The summed E-state index contributed by atoms with van der Waals surface area (Å²) in [6, 6.07) is 0. The Kier molecular flexibility index (Phi) is 2.37. The molecule has 1 N–H and O–H groups in total. The summed E-state index contributed by atoms with van der Waals surface area (Å²) in [5.74, 6) is -0.611. The third-order valence-corrected chi connectivity index (χ3v) is 2.06. The maximum Gasteiger partial charge on any atom is 0.339 e. The molecule has 0 aromatic carbocycles. The van der Waals surface area contributed by atoms with Crippen LogP contribution in [0.25, 0.3) is 0 Å². The van der Waals surface area contributed by atoms with Gasteiger partial charge in [-0.3, -0.25) is 0 Å². The lowest BCUT2D eigenvalue weighted by Crippen LogP contribution is -2.41. The van der Waals surface area contributed by atoms with Gasteiger partial charge in [-0.1, -0.05) is 0 Å². The number of methoxy groups -OCH3 is 1. The minimum atomic E-state index is -1.39. The van der Waals surface area contributed by atoms with Gasteiger partial charge in [0.05, 0.1) is 13.7 Å². The molecule has 1 unspecified atom stereocenters. The minimum absolute atomic E-state index is 0.140. The molecular formula is C6H10ClNO3. The SMILES string of the molecule is COC(=O)C1(O)CCN(Cl)C1. The van der Waals surface area contributed by atoms with E-state index in [9.17, 15) is 9.90 Å². The Morgan fingerprint density at radius 1 is 1.82 bits per heavy atom. The molecule has 1 fully saturated rings. The number of nitrogens with zero attached hydrogens (tertiary/aromatic N) is 1. The molecule has 11 heavy (non-hydrogen) atoms. The lowest BCUT2D eigenvalue weighted by atomic mass is 10.0. The van der Waals surface area contributed by atoms with Crippen molar-refractivity contribution >= 4 is 17.7 Å². The van der Waals surface area contributed by atoms with Crippen LogP contribution < -0.4 is 0 Å². The average molecular weight is 180 g/mol. The lowest BCUT2D eigenvalue weighted by molar-refractivity contribution is -0.160. The molecule has 0 aromatic rings. The topological polar surface area (TPSA) is 49.8 Å². The van der Waals surface area contributed by atoms with Gasteiger partial charge in [0, 0.05) is 13.0 Å². The summed E-state index contributed by atoms with van der Waals surface area (Å²) in [7, 11) is 1.25. The summed E-state index contributed by atoms with van der Waals surface area (Å²) in [5, 5.41) is 9.53. The van der Waals surface area contributed by atoms with Gasteiger partial charge in [-0.2, -0.15) is 0 Å². The van der Waals surface area contributed by atoms with E-state index in [-0.39, 0.29) is 6.54 Å². The van der Waals surface area contributed by atoms with Gasteiger partial charge in [0.15, 0.2) is 5.60 Å². The Labute approximate surface area is 69.8 Å². The zero-order valence-corrected chi connectivity index (χ0v) is 6.97. The summed E-state index contributed by atoms with van der Waals surface area (Å²) in [6.45, 7) is 0.647. The van der Waals surface area contributed by atoms with Crippen LogP contribution in [0.4, 0.5) is 0 Å². The van der Waals surface area contributed by atoms with E-state index in [0.717, 1.165) is 0 Å². The second-order valence-corrected chi connectivity index (χ2v) is 3.10. The molecule has 0 radical (unpaired) electrons. The molecule has 1 saturated heterocycles. The van der Waals surface area contributed by atoms with Crippen LogP contribution >= 0.6 is 11.8 Å². The molecule has 64 valence electrons. The molecule has 0 amide bonds. The predicted molar refractivity (Wildman–Crippen MR) is 39.0 cm³/mol. The van der Waals surface area contributed by atoms with Crippen LogP contribution in [0.15, 0.2) is 0 Å². The van der Waals surface area contributed by atoms with Crippen molar-refractivity contribution in [3.63, 3.8) is 0 Å². The third-order valence-electron chi connectivity index (χ3n) is 1.77. The molecule has 1 heterocycles. The zero-order valence-electron chi connectivity index (χ0n) is 6.21. The van der Waals surface area contributed by atoms with E-state index in [1.54, 1.807) is 0 Å². The number of carbonyl (C=O) groups excluding carboxylic acids is 1. The molecule has 0 saturated carbocycles. The van der Waals surface area contributed by atoms with Crippen molar-refractivity contribution in [2.45, 2.75) is 12.0 Å². The first-order chi connectivity index (χ1) is 5.08. The van der Waals surface area contributed by atoms with Gasteiger partial charge >= 0.3 is 5.97 Å². The second-order valence-electron chi connectivity index (χ2n) is 2.62. The summed E-state index contributed by atoms with van der Waals surface area (Å²) in [4.78, 5) is 10.9. The van der Waals surface area contributed by atoms with Crippen LogP contribution in [0.5, 0.6) is 0 Å². The molecule has 5 heteroatoms. The van der Waals surface area contributed by atoms with Crippen LogP contribution in [0.3, 0.4) is 0 Å². The molecule has 1 aliphatic rings. The van der Waals surface area contributed by atoms with Crippen LogP contribution in [-0.2, 0) is 9.53 Å². The van der Waals surface area contributed by atoms with Crippen molar-refractivity contribution in [1.82, 2.24) is 4.42 Å². The van der Waals surface area contributed by atoms with E-state index < -0.39 is 11.6 Å². The first-order valence-corrected chi connectivity index (χ1v) is 3.64. The lowest BCUT2D eigenvalue weighted by Gasteiger charge is -2.17. The van der Waals surface area contributed by atoms with Crippen molar-refractivity contribution in [2.75, 3.05) is 20.2 Å². The largest absolute Gasteiger partial charge is 0.467 e. The highest BCUT2D eigenvalue weighted by molar-refractivity contribution is 6.13. The number of rotatable bonds is 1. The molecular weight excluding hydrogens is 170 g/mol. The molecule has 0 spiro atoms. The number of β-amino-alcohol motifs (C(OH)–C–C–N with tert-alkyl or cyclic N) is 1. The number of carbonyl (C=O) groups is 1. The van der Waals surface area contributed by atoms with Gasteiger partial charge in [-0.15, -0.1) is 0 Å². The Morgan fingerprint density at radius 3 is 2.82 bits per heavy atom. The zero-order chi connectivity index (χ0) is 8.48. The Morgan fingerprint density at radius 2 is 2.45 bits per heavy atom. The number of aliphatic hydroxyl groups is 1. The molecule has 1 aliphatic heterocycles. The molecule has 0 aromatic heterocycles. The molecule has 1 rings (SSSR count). The number of hydrogen-bond donors (Lipinski definition) is 1. The smallest absolute Gasteiger partial charge is 0.339 e. The van der Waals surface area contributed by atoms with Gasteiger partial charge in [-0.05, 0) is 11.8 Å². The first kappa shape index (κ1) is 8.77. The number of halogens is 1. The summed E-state index contributed by atoms with van der Waals surface area (Å²) in [6.07, 6.45) is 0.336. The highest BCUT2D eigenvalue weighted by Crippen LogP contribution is 2.23. The number of ether oxygens (including phenoxy) is 1. The Hall–Kier alpha value is -0.320. The van der Waals surface area contributed by atoms with E-state index in [4.69, 9.17) is 11.8 Å². The Balaban J connectivity index is 2.61. The third kappa shape index (κ3) is 1.64. The monoisotopic (exact) mass is 179 g/mol. The highest BCUT2D eigenvalue weighted by atomic mass is 35.5. The van der Waals surface area contributed by atoms with Gasteiger partial charge < -0.3 is 9.84 Å². The van der Waals surface area contributed by atoms with Gasteiger partial charge in [0.2, 0.25) is 0 Å². The fourth-order valence-corrected chi connectivity index (χ4v) is 1.39. The molecule has 1 atom stereocenters. The van der Waals surface area contributed by atoms with Crippen LogP contribution in [0.1, 0.15) is 6.42 Å². The van der Waals surface area contributed by atoms with Crippen LogP contribution in [0.2, 0.25) is 0 Å². The summed E-state index contributed by atoms with van der Waals surface area (Å²) >= 11 is 5.56. The van der Waals surface area contributed by atoms with Crippen molar-refractivity contribution in [3.05, 3.63) is 0 Å². The van der Waals surface area contributed by atoms with Crippen LogP contribution in [0, 0.1) is 0 Å². The van der Waals surface area contributed by atoms with E-state index in [2.05, 4.69) is 4.74 Å². The van der Waals surface area contributed by atoms with E-state index >= 15 is 0 Å². The quantitative estimate of drug-likeness (QED) is 0.446. The van der Waals surface area contributed by atoms with Gasteiger partial charge in [0.1, 0.15) is 0 Å². The molecule has 4 nitrogen and oxygen atoms in total. The normalized spacial score (nSPS) is 32.3. The average Bonchev–Trinajstić information content (AvgIpc) is 2.31. The maximum absolute atomic E-state index is 10.9. The van der Waals surface area contributed by atoms with E-state index in [0.29, 0.717) is 13.0 Å². The van der Waals surface area contributed by atoms with Crippen LogP contribution in [-0.4, -0.2) is 41.3 Å². The standard InChI is InChI=1S/C6H10ClNO3/c1-11-5(9)6(10)2-3-8(7)4-6/h10H,2-4H2,1H3. The van der Waals surface area contributed by atoms with Crippen molar-refractivity contribution in [1.29, 1.82) is 0 Å². The van der Waals surface area contributed by atoms with Crippen molar-refractivity contribution in [3.8, 4) is 0 Å². The summed E-state index contributed by atoms with van der Waals surface area (Å²) in [5.41, 5.74) is -1.39. The predicted octanol–water partition coefficient (Wildman–Crippen LogP) is -0.250. The second kappa shape index (κ2) is 2.97. The minimum Gasteiger partial charge on any atom is -0.467 e. The Bertz CT molecular complexity index is 175.